The quantitative estimate of drug-likeness (QED) is 0.0697. The third kappa shape index (κ3) is 11.0. The summed E-state index contributed by atoms with van der Waals surface area (Å²) in [6, 6.07) is 19.0. The van der Waals surface area contributed by atoms with Crippen LogP contribution in [0.25, 0.3) is 27.3 Å². The minimum Gasteiger partial charge on any atom is -0.391 e. The maximum Gasteiger partial charge on any atom is 0.278 e. The van der Waals surface area contributed by atoms with Gasteiger partial charge in [0, 0.05) is 69.3 Å². The number of benzene rings is 2. The number of carbonyl (C=O) groups is 3. The van der Waals surface area contributed by atoms with Gasteiger partial charge in [0.2, 0.25) is 23.7 Å². The van der Waals surface area contributed by atoms with Crippen LogP contribution in [0.15, 0.2) is 89.8 Å². The van der Waals surface area contributed by atoms with Gasteiger partial charge in [-0.25, -0.2) is 24.3 Å². The maximum absolute atomic E-state index is 14.3. The molecule has 6 aromatic rings. The predicted octanol–water partition coefficient (Wildman–Crippen LogP) is 6.06. The molecule has 4 atom stereocenters. The number of aryl methyl sites for hydroxylation is 2. The minimum atomic E-state index is -1.01. The van der Waals surface area contributed by atoms with E-state index in [4.69, 9.17) is 9.97 Å². The maximum atomic E-state index is 14.3. The van der Waals surface area contributed by atoms with Gasteiger partial charge in [0.05, 0.1) is 41.0 Å². The van der Waals surface area contributed by atoms with E-state index in [1.54, 1.807) is 33.0 Å². The first kappa shape index (κ1) is 55.1. The Labute approximate surface area is 471 Å². The van der Waals surface area contributed by atoms with Crippen LogP contribution in [0.2, 0.25) is 0 Å². The molecule has 1 spiro atoms. The van der Waals surface area contributed by atoms with Crippen molar-refractivity contribution >= 4 is 57.4 Å². The molecule has 2 aliphatic carbocycles. The van der Waals surface area contributed by atoms with Crippen molar-refractivity contribution in [3.63, 3.8) is 0 Å². The topological polar surface area (TPSA) is 219 Å². The molecule has 20 heteroatoms. The number of amides is 3. The number of nitrogens with zero attached hydrogens (tertiary/aromatic N) is 10. The molecule has 19 nitrogen and oxygen atoms in total. The zero-order valence-corrected chi connectivity index (χ0v) is 47.5. The van der Waals surface area contributed by atoms with Crippen LogP contribution in [0.1, 0.15) is 95.2 Å². The molecule has 80 heavy (non-hydrogen) atoms. The number of piperidine rings is 1. The molecule has 4 aromatic heterocycles. The number of rotatable bonds is 16. The molecule has 4 fully saturated rings. The highest BCUT2D eigenvalue weighted by molar-refractivity contribution is 7.13. The van der Waals surface area contributed by atoms with Crippen LogP contribution in [-0.2, 0) is 39.5 Å². The molecular weight excluding hydrogens is 1030 g/mol. The first-order valence-corrected chi connectivity index (χ1v) is 29.3. The van der Waals surface area contributed by atoms with Crippen LogP contribution in [0.5, 0.6) is 0 Å². The third-order valence-electron chi connectivity index (χ3n) is 17.6. The molecule has 5 N–H and O–H groups in total. The number of fused-ring (bicyclic) bond motifs is 2. The van der Waals surface area contributed by atoms with Crippen molar-refractivity contribution in [2.45, 2.75) is 129 Å². The highest BCUT2D eigenvalue weighted by Crippen LogP contribution is 2.51. The number of β-amino-alcohol motifs (C(OH)–C–C–N with tert-alkyl or cyclic N) is 1. The number of piperazine rings is 1. The standard InChI is InChI=1S/C60H75N13O6S/c1-7-23-72-55(77)46-34-62-57(67-53(46)73(72)48-18-13-41-19-20-60(79,8-2)51(41)65-48)64-42-14-16-43(17-15-42)69-26-28-70(29-27-69)44-31-59(32-44)21-24-68(25-22-59)36-49(75)66-52(58(4,5)6)56(78)71-35-45(74)30-47(71)54(76)61-33-39-9-11-40(12-10-39)50-38(3)63-37-80-50/h7,9-18,34,37,44-45,47,52,74,79H,1,8,19-33,35-36H2,2-6H3,(H,61,76)(H,66,75)(H,62,64,67)/t45-,47+,52-,60-/m1/s1. The second-order valence-electron chi connectivity index (χ2n) is 24.0. The van der Waals surface area contributed by atoms with Gasteiger partial charge in [-0.3, -0.25) is 29.0 Å². The van der Waals surface area contributed by atoms with Gasteiger partial charge >= 0.3 is 0 Å². The number of allylic oxidation sites excluding steroid dienone is 1. The summed E-state index contributed by atoms with van der Waals surface area (Å²) < 4.78 is 3.25. The van der Waals surface area contributed by atoms with Crippen LogP contribution >= 0.6 is 11.3 Å². The molecule has 7 heterocycles. The number of likely N-dealkylation sites (tertiary alicyclic amines) is 2. The second kappa shape index (κ2) is 22.2. The van der Waals surface area contributed by atoms with Crippen molar-refractivity contribution < 1.29 is 24.6 Å². The SMILES string of the molecule is C=CCn1c(=O)c2cnc(Nc3ccc(N4CCN(C5CC6(CCN(CC(=O)N[C@H](C(=O)N7C[C@H](O)C[C@H]7C(=O)NCc7ccc(-c8scnc8C)cc7)C(C)(C)C)CC6)C5)CC4)cc3)nc2n1-c1ccc2c(n1)[C@@](O)(CC)CC2. The van der Waals surface area contributed by atoms with E-state index in [1.165, 1.54) is 17.7 Å². The Morgan fingerprint density at radius 2 is 1.68 bits per heavy atom. The number of pyridine rings is 1. The van der Waals surface area contributed by atoms with Gasteiger partial charge in [-0.1, -0.05) is 64.1 Å². The van der Waals surface area contributed by atoms with E-state index in [2.05, 4.69) is 59.3 Å². The number of thiazole rings is 1. The Bertz CT molecular complexity index is 3330. The first-order valence-electron chi connectivity index (χ1n) is 28.4. The molecule has 3 aliphatic heterocycles. The van der Waals surface area contributed by atoms with E-state index in [-0.39, 0.29) is 55.9 Å². The van der Waals surface area contributed by atoms with Gasteiger partial charge < -0.3 is 36.0 Å². The second-order valence-corrected chi connectivity index (χ2v) is 24.8. The lowest BCUT2D eigenvalue weighted by Crippen LogP contribution is -2.60. The van der Waals surface area contributed by atoms with Crippen molar-refractivity contribution in [1.29, 1.82) is 0 Å². The molecule has 0 unspecified atom stereocenters. The van der Waals surface area contributed by atoms with Crippen molar-refractivity contribution in [2.24, 2.45) is 10.8 Å². The Morgan fingerprint density at radius 1 is 0.938 bits per heavy atom. The molecule has 0 radical (unpaired) electrons. The lowest BCUT2D eigenvalue weighted by Gasteiger charge is -2.56. The Hall–Kier alpha value is -6.84. The molecule has 3 saturated heterocycles. The molecule has 5 aliphatic rings. The van der Waals surface area contributed by atoms with Crippen molar-refractivity contribution in [3.05, 3.63) is 118 Å². The molecule has 1 saturated carbocycles. The van der Waals surface area contributed by atoms with Gasteiger partial charge in [-0.15, -0.1) is 17.9 Å². The normalized spacial score (nSPS) is 21.8. The fraction of sp³-hybridized carbons (Fsp3) is 0.500. The Balaban J connectivity index is 0.634. The number of anilines is 3. The highest BCUT2D eigenvalue weighted by Gasteiger charge is 2.49. The summed E-state index contributed by atoms with van der Waals surface area (Å²) in [6.07, 6.45) is 8.82. The fourth-order valence-electron chi connectivity index (χ4n) is 12.8. The zero-order valence-electron chi connectivity index (χ0n) is 46.7. The lowest BCUT2D eigenvalue weighted by atomic mass is 9.60. The van der Waals surface area contributed by atoms with Crippen LogP contribution in [0.4, 0.5) is 17.3 Å². The number of aliphatic hydroxyl groups excluding tert-OH is 1. The number of nitrogens with one attached hydrogen (secondary N) is 3. The summed E-state index contributed by atoms with van der Waals surface area (Å²) in [6.45, 7) is 19.8. The van der Waals surface area contributed by atoms with Gasteiger partial charge in [0.1, 0.15) is 23.1 Å². The van der Waals surface area contributed by atoms with E-state index in [9.17, 15) is 29.4 Å². The summed E-state index contributed by atoms with van der Waals surface area (Å²) in [7, 11) is 0. The van der Waals surface area contributed by atoms with Gasteiger partial charge in [0.15, 0.2) is 11.5 Å². The number of hydrogen-bond acceptors (Lipinski definition) is 15. The van der Waals surface area contributed by atoms with E-state index in [1.807, 2.05) is 88.7 Å². The smallest absolute Gasteiger partial charge is 0.278 e. The summed E-state index contributed by atoms with van der Waals surface area (Å²) in [5, 5.41) is 31.8. The molecule has 0 bridgehead atoms. The average molecular weight is 1110 g/mol. The van der Waals surface area contributed by atoms with Crippen LogP contribution in [0, 0.1) is 17.8 Å². The van der Waals surface area contributed by atoms with Gasteiger partial charge in [-0.05, 0) is 123 Å². The molecule has 422 valence electrons. The molecule has 2 aromatic carbocycles. The number of aromatic nitrogens is 6. The average Bonchev–Trinajstić information content (AvgIpc) is 4.13. The summed E-state index contributed by atoms with van der Waals surface area (Å²) >= 11 is 1.59. The van der Waals surface area contributed by atoms with E-state index >= 15 is 0 Å². The molecule has 3 amide bonds. The summed E-state index contributed by atoms with van der Waals surface area (Å²) in [5.74, 6) is -0.0584. The molecule has 11 rings (SSSR count). The van der Waals surface area contributed by atoms with Crippen LogP contribution < -0.4 is 26.4 Å². The van der Waals surface area contributed by atoms with Crippen LogP contribution in [0.3, 0.4) is 0 Å². The van der Waals surface area contributed by atoms with E-state index < -0.39 is 29.2 Å². The largest absolute Gasteiger partial charge is 0.391 e. The van der Waals surface area contributed by atoms with Gasteiger partial charge in [-0.2, -0.15) is 4.98 Å². The first-order chi connectivity index (χ1) is 38.4. The fourth-order valence-corrected chi connectivity index (χ4v) is 13.6. The van der Waals surface area contributed by atoms with E-state index in [0.717, 1.165) is 97.2 Å². The van der Waals surface area contributed by atoms with Crippen molar-refractivity contribution in [3.8, 4) is 16.3 Å². The van der Waals surface area contributed by atoms with Crippen molar-refractivity contribution in [2.75, 3.05) is 62.6 Å². The highest BCUT2D eigenvalue weighted by atomic mass is 32.1. The van der Waals surface area contributed by atoms with E-state index in [0.29, 0.717) is 52.8 Å². The minimum absolute atomic E-state index is 0.0280. The Kier molecular flexibility index (Phi) is 15.3. The number of aliphatic hydroxyl groups is 2. The lowest BCUT2D eigenvalue weighted by molar-refractivity contribution is -0.144. The molecular formula is C60H75N13O6S. The predicted molar refractivity (Wildman–Crippen MR) is 310 cm³/mol. The zero-order chi connectivity index (χ0) is 56.1. The number of hydrogen-bond donors (Lipinski definition) is 5. The monoisotopic (exact) mass is 1110 g/mol. The third-order valence-corrected chi connectivity index (χ3v) is 18.6. The van der Waals surface area contributed by atoms with Crippen molar-refractivity contribution in [1.82, 2.24) is 54.6 Å². The summed E-state index contributed by atoms with van der Waals surface area (Å²) in [5.41, 5.74) is 7.23. The van der Waals surface area contributed by atoms with Crippen LogP contribution in [-0.4, -0.2) is 149 Å². The van der Waals surface area contributed by atoms with Gasteiger partial charge in [0.25, 0.3) is 5.56 Å². The Morgan fingerprint density at radius 3 is 2.35 bits per heavy atom. The summed E-state index contributed by atoms with van der Waals surface area (Å²) in [4.78, 5) is 83.7. The number of carbonyl (C=O) groups excluding carboxylic acids is 3.